The van der Waals surface area contributed by atoms with E-state index in [0.29, 0.717) is 12.0 Å². The fraction of sp³-hybridized carbons (Fsp3) is 0.364. The quantitative estimate of drug-likeness (QED) is 0.284. The smallest absolute Gasteiger partial charge is 0.417 e. The lowest BCUT2D eigenvalue weighted by Gasteiger charge is -2.23. The van der Waals surface area contributed by atoms with Crippen LogP contribution in [0.4, 0.5) is 4.79 Å². The van der Waals surface area contributed by atoms with Crippen LogP contribution in [0.25, 0.3) is 33.0 Å². The second-order valence-electron chi connectivity index (χ2n) is 12.5. The van der Waals surface area contributed by atoms with Crippen molar-refractivity contribution in [3.8, 4) is 0 Å². The van der Waals surface area contributed by atoms with E-state index in [9.17, 15) is 14.4 Å². The van der Waals surface area contributed by atoms with Gasteiger partial charge in [0.05, 0.1) is 17.6 Å². The zero-order chi connectivity index (χ0) is 29.5. The van der Waals surface area contributed by atoms with Crippen molar-refractivity contribution in [2.75, 3.05) is 6.54 Å². The summed E-state index contributed by atoms with van der Waals surface area (Å²) >= 11 is 0. The van der Waals surface area contributed by atoms with E-state index in [1.807, 2.05) is 72.0 Å². The number of aromatic amines is 1. The minimum absolute atomic E-state index is 0.186. The number of nitrogens with one attached hydrogen (secondary N) is 1. The summed E-state index contributed by atoms with van der Waals surface area (Å²) in [6.45, 7) is 12.5. The highest BCUT2D eigenvalue weighted by molar-refractivity contribution is 6.35. The number of aryl methyl sites for hydroxylation is 2. The number of hydrogen-bond acceptors (Lipinski definition) is 5. The Morgan fingerprint density at radius 2 is 1.68 bits per heavy atom. The summed E-state index contributed by atoms with van der Waals surface area (Å²) in [6, 6.07) is 14.3. The Kier molecular flexibility index (Phi) is 7.28. The predicted octanol–water partition coefficient (Wildman–Crippen LogP) is 6.71. The van der Waals surface area contributed by atoms with E-state index < -0.39 is 11.7 Å². The van der Waals surface area contributed by atoms with Gasteiger partial charge < -0.3 is 19.0 Å². The standard InChI is InChI=1S/C28H27N3O3.C5H10O2/c1-28(2,3)34-27(33)31-16-22(21-15-30-13-7-9-17-8-6-11-19(21)25(17)30)24(26(31)32)20-14-29-23-12-5-4-10-18(20)23;1-5(2,3)7-4-6/h4-6,8,10-12,14-15,29H,7,9,13,16H2,1-3H3;4H,1-3H3. The molecule has 2 aliphatic rings. The third-order valence-electron chi connectivity index (χ3n) is 7.10. The minimum Gasteiger partial charge on any atom is -0.462 e. The number of carbonyl (C=O) groups excluding carboxylic acids is 3. The van der Waals surface area contributed by atoms with Crippen molar-refractivity contribution in [3.05, 3.63) is 71.5 Å². The number of benzene rings is 2. The number of H-pyrrole nitrogens is 1. The summed E-state index contributed by atoms with van der Waals surface area (Å²) < 4.78 is 12.4. The molecule has 8 nitrogen and oxygen atoms in total. The molecule has 0 saturated heterocycles. The second-order valence-corrected chi connectivity index (χ2v) is 12.5. The van der Waals surface area contributed by atoms with Gasteiger partial charge in [-0.2, -0.15) is 0 Å². The maximum absolute atomic E-state index is 13.8. The summed E-state index contributed by atoms with van der Waals surface area (Å²) in [5.41, 5.74) is 5.76. The Bertz CT molecular complexity index is 1680. The molecule has 0 bridgehead atoms. The molecule has 0 radical (unpaired) electrons. The molecule has 2 amide bonds. The zero-order valence-electron chi connectivity index (χ0n) is 24.5. The average molecular weight is 556 g/mol. The largest absolute Gasteiger partial charge is 0.462 e. The first-order chi connectivity index (χ1) is 19.4. The molecule has 8 heteroatoms. The van der Waals surface area contributed by atoms with Gasteiger partial charge in [0.2, 0.25) is 0 Å². The molecule has 0 spiro atoms. The number of hydrogen-bond donors (Lipinski definition) is 1. The molecule has 0 atom stereocenters. The van der Waals surface area contributed by atoms with E-state index in [1.54, 1.807) is 0 Å². The van der Waals surface area contributed by atoms with Gasteiger partial charge in [-0.1, -0.05) is 36.4 Å². The lowest BCUT2D eigenvalue weighted by Crippen LogP contribution is -2.38. The summed E-state index contributed by atoms with van der Waals surface area (Å²) in [5.74, 6) is -0.319. The van der Waals surface area contributed by atoms with Crippen LogP contribution in [0.1, 0.15) is 64.7 Å². The number of ether oxygens (including phenoxy) is 2. The topological polar surface area (TPSA) is 93.6 Å². The summed E-state index contributed by atoms with van der Waals surface area (Å²) in [4.78, 5) is 41.0. The molecular weight excluding hydrogens is 518 g/mol. The molecule has 41 heavy (non-hydrogen) atoms. The van der Waals surface area contributed by atoms with Crippen molar-refractivity contribution >= 4 is 51.4 Å². The zero-order valence-corrected chi connectivity index (χ0v) is 24.5. The molecular formula is C33H37N3O5. The first kappa shape index (κ1) is 28.2. The highest BCUT2D eigenvalue weighted by Crippen LogP contribution is 2.42. The molecule has 0 fully saturated rings. The molecule has 6 rings (SSSR count). The van der Waals surface area contributed by atoms with E-state index in [1.165, 1.54) is 16.0 Å². The lowest BCUT2D eigenvalue weighted by atomic mass is 9.95. The van der Waals surface area contributed by atoms with Gasteiger partial charge in [-0.25, -0.2) is 9.69 Å². The van der Waals surface area contributed by atoms with Crippen LogP contribution in [0, 0.1) is 0 Å². The van der Waals surface area contributed by atoms with Gasteiger partial charge in [0.25, 0.3) is 12.4 Å². The van der Waals surface area contributed by atoms with E-state index in [2.05, 4.69) is 38.7 Å². The van der Waals surface area contributed by atoms with E-state index >= 15 is 0 Å². The van der Waals surface area contributed by atoms with Crippen LogP contribution in [0.15, 0.2) is 54.9 Å². The highest BCUT2D eigenvalue weighted by Gasteiger charge is 2.40. The molecule has 214 valence electrons. The van der Waals surface area contributed by atoms with Crippen molar-refractivity contribution < 1.29 is 23.9 Å². The van der Waals surface area contributed by atoms with Crippen LogP contribution in [0.2, 0.25) is 0 Å². The number of imide groups is 1. The van der Waals surface area contributed by atoms with Crippen molar-refractivity contribution in [2.24, 2.45) is 0 Å². The van der Waals surface area contributed by atoms with Crippen molar-refractivity contribution in [1.29, 1.82) is 0 Å². The molecule has 2 aromatic heterocycles. The Labute approximate surface area is 239 Å². The maximum atomic E-state index is 13.8. The minimum atomic E-state index is -0.690. The number of para-hydroxylation sites is 2. The fourth-order valence-electron chi connectivity index (χ4n) is 5.45. The van der Waals surface area contributed by atoms with Gasteiger partial charge in [-0.3, -0.25) is 9.59 Å². The van der Waals surface area contributed by atoms with Gasteiger partial charge >= 0.3 is 6.09 Å². The van der Waals surface area contributed by atoms with Gasteiger partial charge in [-0.05, 0) is 71.6 Å². The first-order valence-electron chi connectivity index (χ1n) is 13.9. The average Bonchev–Trinajstić information content (AvgIpc) is 3.57. The van der Waals surface area contributed by atoms with Crippen molar-refractivity contribution in [3.63, 3.8) is 0 Å². The van der Waals surface area contributed by atoms with Gasteiger partial charge in [0.15, 0.2) is 0 Å². The normalized spacial score (nSPS) is 15.3. The van der Waals surface area contributed by atoms with Crippen LogP contribution in [0.3, 0.4) is 0 Å². The number of fused-ring (bicyclic) bond motifs is 1. The predicted molar refractivity (Wildman–Crippen MR) is 160 cm³/mol. The summed E-state index contributed by atoms with van der Waals surface area (Å²) in [5, 5.41) is 2.09. The first-order valence-corrected chi connectivity index (χ1v) is 13.9. The summed E-state index contributed by atoms with van der Waals surface area (Å²) in [7, 11) is 0. The van der Waals surface area contributed by atoms with Crippen molar-refractivity contribution in [1.82, 2.24) is 14.5 Å². The molecule has 1 N–H and O–H groups in total. The molecule has 0 aliphatic carbocycles. The van der Waals surface area contributed by atoms with E-state index in [4.69, 9.17) is 4.74 Å². The Hall–Kier alpha value is -4.33. The van der Waals surface area contributed by atoms with Crippen LogP contribution >= 0.6 is 0 Å². The third-order valence-corrected chi connectivity index (χ3v) is 7.10. The SMILES string of the molecule is CC(C)(C)OC(=O)N1CC(c2cn3c4c(cccc24)CCC3)=C(c2c[nH]c3ccccc23)C1=O.CC(C)(C)OC=O. The lowest BCUT2D eigenvalue weighted by molar-refractivity contribution is -0.138. The number of carbonyl (C=O) groups is 3. The number of amides is 2. The van der Waals surface area contributed by atoms with Crippen LogP contribution in [-0.2, 0) is 32.0 Å². The molecule has 0 saturated carbocycles. The monoisotopic (exact) mass is 555 g/mol. The Balaban J connectivity index is 0.000000431. The van der Waals surface area contributed by atoms with Crippen LogP contribution in [0.5, 0.6) is 0 Å². The Morgan fingerprint density at radius 3 is 2.37 bits per heavy atom. The summed E-state index contributed by atoms with van der Waals surface area (Å²) in [6.07, 6.45) is 5.57. The number of aromatic nitrogens is 2. The van der Waals surface area contributed by atoms with Crippen LogP contribution in [-0.4, -0.2) is 50.7 Å². The second kappa shape index (κ2) is 10.6. The molecule has 4 aromatic rings. The van der Waals surface area contributed by atoms with Gasteiger partial charge in [0, 0.05) is 46.4 Å². The molecule has 2 aromatic carbocycles. The van der Waals surface area contributed by atoms with E-state index in [-0.39, 0.29) is 18.1 Å². The molecule has 2 aliphatic heterocycles. The van der Waals surface area contributed by atoms with Gasteiger partial charge in [-0.15, -0.1) is 0 Å². The number of nitrogens with zero attached hydrogens (tertiary/aromatic N) is 2. The highest BCUT2D eigenvalue weighted by atomic mass is 16.6. The Morgan fingerprint density at radius 1 is 0.951 bits per heavy atom. The number of rotatable bonds is 3. The third kappa shape index (κ3) is 5.64. The van der Waals surface area contributed by atoms with Gasteiger partial charge in [0.1, 0.15) is 11.2 Å². The van der Waals surface area contributed by atoms with Crippen LogP contribution < -0.4 is 0 Å². The fourth-order valence-corrected chi connectivity index (χ4v) is 5.45. The molecule has 0 unspecified atom stereocenters. The van der Waals surface area contributed by atoms with E-state index in [0.717, 1.165) is 52.4 Å². The van der Waals surface area contributed by atoms with Crippen molar-refractivity contribution in [2.45, 2.75) is 72.1 Å². The maximum Gasteiger partial charge on any atom is 0.417 e. The molecule has 4 heterocycles.